The highest BCUT2D eigenvalue weighted by Crippen LogP contribution is 2.13. The number of thiocarbonyl (C=S) groups is 1. The summed E-state index contributed by atoms with van der Waals surface area (Å²) in [6.07, 6.45) is 2.29. The predicted octanol–water partition coefficient (Wildman–Crippen LogP) is 0.546. The van der Waals surface area contributed by atoms with Crippen LogP contribution in [-0.2, 0) is 9.53 Å². The van der Waals surface area contributed by atoms with Crippen LogP contribution >= 0.6 is 12.2 Å². The van der Waals surface area contributed by atoms with Crippen molar-refractivity contribution >= 4 is 23.1 Å². The van der Waals surface area contributed by atoms with Crippen molar-refractivity contribution in [3.05, 3.63) is 0 Å². The maximum atomic E-state index is 11.8. The summed E-state index contributed by atoms with van der Waals surface area (Å²) in [5.41, 5.74) is 5.44. The summed E-state index contributed by atoms with van der Waals surface area (Å²) in [4.78, 5) is 13.7. The van der Waals surface area contributed by atoms with Gasteiger partial charge in [-0.1, -0.05) is 12.2 Å². The Morgan fingerprint density at radius 2 is 2.40 bits per heavy atom. The molecule has 2 unspecified atom stereocenters. The van der Waals surface area contributed by atoms with Crippen molar-refractivity contribution in [3.8, 4) is 0 Å². The highest BCUT2D eigenvalue weighted by molar-refractivity contribution is 7.80. The first-order chi connectivity index (χ1) is 7.02. The summed E-state index contributed by atoms with van der Waals surface area (Å²) >= 11 is 4.80. The molecule has 0 aliphatic carbocycles. The number of likely N-dealkylation sites (N-methyl/N-ethyl adjacent to an activating group) is 1. The zero-order valence-electron chi connectivity index (χ0n) is 9.23. The van der Waals surface area contributed by atoms with Crippen LogP contribution in [0.1, 0.15) is 19.8 Å². The van der Waals surface area contributed by atoms with Gasteiger partial charge in [-0.3, -0.25) is 4.79 Å². The summed E-state index contributed by atoms with van der Waals surface area (Å²) in [5.74, 6) is -0.413. The standard InChI is InChI=1S/C10H18N2O2S/c1-7(9(11)15)10(13)12(2)6-8-4-3-5-14-8/h7-8H,3-6H2,1-2H3,(H2,11,15). The van der Waals surface area contributed by atoms with Gasteiger partial charge in [-0.15, -0.1) is 0 Å². The van der Waals surface area contributed by atoms with E-state index in [9.17, 15) is 4.79 Å². The fourth-order valence-electron chi connectivity index (χ4n) is 1.64. The quantitative estimate of drug-likeness (QED) is 0.716. The molecule has 1 heterocycles. The molecule has 0 aromatic heterocycles. The number of hydrogen-bond acceptors (Lipinski definition) is 3. The molecule has 1 aliphatic heterocycles. The van der Waals surface area contributed by atoms with Crippen LogP contribution in [0.25, 0.3) is 0 Å². The summed E-state index contributed by atoms with van der Waals surface area (Å²) in [5, 5.41) is 0. The fraction of sp³-hybridized carbons (Fsp3) is 0.800. The van der Waals surface area contributed by atoms with Crippen molar-refractivity contribution < 1.29 is 9.53 Å². The highest BCUT2D eigenvalue weighted by atomic mass is 32.1. The Balaban J connectivity index is 2.41. The number of rotatable bonds is 4. The van der Waals surface area contributed by atoms with Gasteiger partial charge in [0, 0.05) is 20.2 Å². The number of nitrogens with two attached hydrogens (primary N) is 1. The van der Waals surface area contributed by atoms with E-state index in [1.807, 2.05) is 0 Å². The molecule has 1 fully saturated rings. The average molecular weight is 230 g/mol. The second-order valence-electron chi connectivity index (χ2n) is 3.98. The fourth-order valence-corrected chi connectivity index (χ4v) is 1.74. The predicted molar refractivity (Wildman–Crippen MR) is 62.6 cm³/mol. The molecule has 0 bridgehead atoms. The lowest BCUT2D eigenvalue weighted by atomic mass is 10.1. The molecule has 15 heavy (non-hydrogen) atoms. The largest absolute Gasteiger partial charge is 0.393 e. The molecule has 0 saturated carbocycles. The average Bonchev–Trinajstić information content (AvgIpc) is 2.67. The molecule has 86 valence electrons. The van der Waals surface area contributed by atoms with Gasteiger partial charge in [0.05, 0.1) is 17.0 Å². The van der Waals surface area contributed by atoms with Crippen molar-refractivity contribution in [2.75, 3.05) is 20.2 Å². The van der Waals surface area contributed by atoms with Gasteiger partial charge in [0.25, 0.3) is 0 Å². The van der Waals surface area contributed by atoms with Crippen LogP contribution in [0.2, 0.25) is 0 Å². The van der Waals surface area contributed by atoms with Gasteiger partial charge in [-0.05, 0) is 19.8 Å². The van der Waals surface area contributed by atoms with E-state index in [0.717, 1.165) is 19.4 Å². The number of carbonyl (C=O) groups excluding carboxylic acids is 1. The minimum absolute atomic E-state index is 0.0296. The van der Waals surface area contributed by atoms with Gasteiger partial charge >= 0.3 is 0 Å². The second-order valence-corrected chi connectivity index (χ2v) is 4.45. The molecule has 1 aliphatic rings. The SMILES string of the molecule is CC(C(=O)N(C)CC1CCCO1)C(N)=S. The van der Waals surface area contributed by atoms with Crippen LogP contribution in [0.3, 0.4) is 0 Å². The zero-order chi connectivity index (χ0) is 11.4. The normalized spacial score (nSPS) is 22.4. The van der Waals surface area contributed by atoms with E-state index in [0.29, 0.717) is 6.54 Å². The minimum Gasteiger partial charge on any atom is -0.393 e. The first-order valence-electron chi connectivity index (χ1n) is 5.18. The molecule has 2 atom stereocenters. The number of carbonyl (C=O) groups is 1. The lowest BCUT2D eigenvalue weighted by Gasteiger charge is -2.23. The molecular formula is C10H18N2O2S. The molecule has 1 saturated heterocycles. The van der Waals surface area contributed by atoms with Gasteiger partial charge in [0.1, 0.15) is 0 Å². The van der Waals surface area contributed by atoms with E-state index >= 15 is 0 Å². The van der Waals surface area contributed by atoms with Crippen molar-refractivity contribution in [1.29, 1.82) is 0 Å². The Morgan fingerprint density at radius 1 is 1.73 bits per heavy atom. The number of nitrogens with zero attached hydrogens (tertiary/aromatic N) is 1. The van der Waals surface area contributed by atoms with Crippen LogP contribution in [0.5, 0.6) is 0 Å². The van der Waals surface area contributed by atoms with E-state index in [2.05, 4.69) is 0 Å². The molecule has 0 spiro atoms. The Labute approximate surface area is 95.8 Å². The monoisotopic (exact) mass is 230 g/mol. The van der Waals surface area contributed by atoms with E-state index < -0.39 is 0 Å². The Morgan fingerprint density at radius 3 is 2.87 bits per heavy atom. The summed E-state index contributed by atoms with van der Waals surface area (Å²) in [7, 11) is 1.76. The second kappa shape index (κ2) is 5.42. The van der Waals surface area contributed by atoms with Gasteiger partial charge in [0.2, 0.25) is 5.91 Å². The van der Waals surface area contributed by atoms with E-state index in [1.165, 1.54) is 0 Å². The van der Waals surface area contributed by atoms with E-state index in [-0.39, 0.29) is 22.9 Å². The third kappa shape index (κ3) is 3.43. The third-order valence-electron chi connectivity index (χ3n) is 2.67. The Hall–Kier alpha value is -0.680. The van der Waals surface area contributed by atoms with E-state index in [1.54, 1.807) is 18.9 Å². The first kappa shape index (κ1) is 12.4. The van der Waals surface area contributed by atoms with Gasteiger partial charge in [0.15, 0.2) is 0 Å². The summed E-state index contributed by atoms with van der Waals surface area (Å²) in [6.45, 7) is 3.17. The molecular weight excluding hydrogens is 212 g/mol. The van der Waals surface area contributed by atoms with Crippen molar-refractivity contribution in [3.63, 3.8) is 0 Å². The van der Waals surface area contributed by atoms with E-state index in [4.69, 9.17) is 22.7 Å². The van der Waals surface area contributed by atoms with Gasteiger partial charge in [-0.2, -0.15) is 0 Å². The topological polar surface area (TPSA) is 55.6 Å². The molecule has 1 amide bonds. The smallest absolute Gasteiger partial charge is 0.232 e. The van der Waals surface area contributed by atoms with Crippen LogP contribution < -0.4 is 5.73 Å². The number of ether oxygens (including phenoxy) is 1. The minimum atomic E-state index is -0.383. The highest BCUT2D eigenvalue weighted by Gasteiger charge is 2.24. The van der Waals surface area contributed by atoms with Crippen LogP contribution in [0.15, 0.2) is 0 Å². The summed E-state index contributed by atoms with van der Waals surface area (Å²) in [6, 6.07) is 0. The first-order valence-corrected chi connectivity index (χ1v) is 5.59. The van der Waals surface area contributed by atoms with Gasteiger partial charge < -0.3 is 15.4 Å². The maximum absolute atomic E-state index is 11.8. The number of amides is 1. The third-order valence-corrected chi connectivity index (χ3v) is 3.03. The molecule has 0 aromatic rings. The van der Waals surface area contributed by atoms with Crippen LogP contribution in [0, 0.1) is 5.92 Å². The molecule has 0 radical (unpaired) electrons. The Kier molecular flexibility index (Phi) is 4.47. The molecule has 0 aromatic carbocycles. The maximum Gasteiger partial charge on any atom is 0.232 e. The lowest BCUT2D eigenvalue weighted by Crippen LogP contribution is -2.41. The van der Waals surface area contributed by atoms with Crippen molar-refractivity contribution in [1.82, 2.24) is 4.90 Å². The van der Waals surface area contributed by atoms with Gasteiger partial charge in [-0.25, -0.2) is 0 Å². The van der Waals surface area contributed by atoms with Crippen LogP contribution in [-0.4, -0.2) is 42.1 Å². The molecule has 1 rings (SSSR count). The van der Waals surface area contributed by atoms with Crippen molar-refractivity contribution in [2.45, 2.75) is 25.9 Å². The number of hydrogen-bond donors (Lipinski definition) is 1. The Bertz CT molecular complexity index is 252. The van der Waals surface area contributed by atoms with Crippen LogP contribution in [0.4, 0.5) is 0 Å². The molecule has 5 heteroatoms. The summed E-state index contributed by atoms with van der Waals surface area (Å²) < 4.78 is 5.46. The molecule has 4 nitrogen and oxygen atoms in total. The lowest BCUT2D eigenvalue weighted by molar-refractivity contribution is -0.132. The van der Waals surface area contributed by atoms with Crippen molar-refractivity contribution in [2.24, 2.45) is 11.7 Å². The zero-order valence-corrected chi connectivity index (χ0v) is 10.0. The molecule has 2 N–H and O–H groups in total.